The summed E-state index contributed by atoms with van der Waals surface area (Å²) < 4.78 is 24.6. The summed E-state index contributed by atoms with van der Waals surface area (Å²) in [6.45, 7) is 8.05. The van der Waals surface area contributed by atoms with Crippen molar-refractivity contribution in [2.24, 2.45) is 0 Å². The average Bonchev–Trinajstić information content (AvgIpc) is 3.10. The number of rotatable bonds is 8. The molecule has 186 valence electrons. The average molecular weight is 483 g/mol. The molecular formula is C27H31FN2O5. The van der Waals surface area contributed by atoms with Gasteiger partial charge in [0.25, 0.3) is 11.7 Å². The van der Waals surface area contributed by atoms with Crippen LogP contribution in [0.3, 0.4) is 0 Å². The summed E-state index contributed by atoms with van der Waals surface area (Å²) in [5.74, 6) is -1.49. The third-order valence-corrected chi connectivity index (χ3v) is 6.20. The molecule has 2 heterocycles. The molecule has 1 atom stereocenters. The fourth-order valence-electron chi connectivity index (χ4n) is 4.51. The number of carbonyl (C=O) groups excluding carboxylic acids is 2. The summed E-state index contributed by atoms with van der Waals surface area (Å²) in [6, 6.07) is 11.7. The number of nitrogens with zero attached hydrogens (tertiary/aromatic N) is 2. The van der Waals surface area contributed by atoms with E-state index in [4.69, 9.17) is 9.47 Å². The highest BCUT2D eigenvalue weighted by Crippen LogP contribution is 2.40. The van der Waals surface area contributed by atoms with Crippen LogP contribution in [0.25, 0.3) is 5.76 Å². The van der Waals surface area contributed by atoms with E-state index in [0.717, 1.165) is 19.6 Å². The number of halogens is 1. The van der Waals surface area contributed by atoms with Gasteiger partial charge in [0.15, 0.2) is 0 Å². The zero-order valence-corrected chi connectivity index (χ0v) is 20.1. The number of amides is 1. The van der Waals surface area contributed by atoms with Crippen molar-refractivity contribution in [1.82, 2.24) is 9.80 Å². The molecule has 7 nitrogen and oxygen atoms in total. The number of likely N-dealkylation sites (tertiary alicyclic amines) is 1. The first-order valence-electron chi connectivity index (χ1n) is 12.0. The van der Waals surface area contributed by atoms with Crippen LogP contribution < -0.4 is 4.74 Å². The number of hydrogen-bond acceptors (Lipinski definition) is 6. The van der Waals surface area contributed by atoms with Crippen molar-refractivity contribution < 1.29 is 28.6 Å². The number of Topliss-reactive ketones (excluding diaryl/α,β-unsaturated/α-hetero) is 1. The SMILES string of the molecule is CC(C)Oc1ccc([C@@H]2C(=C(O)c3ccc(F)cc3)C(=O)C(=O)N2CCCN2CCOCC2)cc1. The van der Waals surface area contributed by atoms with E-state index >= 15 is 0 Å². The van der Waals surface area contributed by atoms with E-state index in [9.17, 15) is 19.1 Å². The van der Waals surface area contributed by atoms with Gasteiger partial charge in [-0.15, -0.1) is 0 Å². The standard InChI is InChI=1S/C27H31FN2O5/c1-18(2)35-22-10-6-19(7-11-22)24-23(25(31)20-4-8-21(28)9-5-20)26(32)27(33)30(24)13-3-12-29-14-16-34-17-15-29/h4-11,18,24,31H,3,12-17H2,1-2H3/t24-/m1/s1. The summed E-state index contributed by atoms with van der Waals surface area (Å²) in [5, 5.41) is 11.1. The molecule has 2 aliphatic rings. The molecule has 0 spiro atoms. The van der Waals surface area contributed by atoms with Crippen LogP contribution in [0.15, 0.2) is 54.1 Å². The van der Waals surface area contributed by atoms with Gasteiger partial charge in [-0.1, -0.05) is 12.1 Å². The molecule has 0 saturated carbocycles. The van der Waals surface area contributed by atoms with Crippen LogP contribution in [0.2, 0.25) is 0 Å². The highest BCUT2D eigenvalue weighted by atomic mass is 19.1. The van der Waals surface area contributed by atoms with Gasteiger partial charge in [-0.3, -0.25) is 14.5 Å². The monoisotopic (exact) mass is 482 g/mol. The molecule has 0 radical (unpaired) electrons. The van der Waals surface area contributed by atoms with Gasteiger partial charge in [0.1, 0.15) is 17.3 Å². The van der Waals surface area contributed by atoms with Crippen LogP contribution in [-0.2, 0) is 14.3 Å². The lowest BCUT2D eigenvalue weighted by molar-refractivity contribution is -0.140. The molecule has 0 aromatic heterocycles. The zero-order chi connectivity index (χ0) is 24.9. The van der Waals surface area contributed by atoms with E-state index in [2.05, 4.69) is 4.90 Å². The second-order valence-electron chi connectivity index (χ2n) is 9.04. The van der Waals surface area contributed by atoms with Gasteiger partial charge in [0, 0.05) is 31.7 Å². The minimum atomic E-state index is -0.752. The lowest BCUT2D eigenvalue weighted by Gasteiger charge is -2.29. The predicted molar refractivity (Wildman–Crippen MR) is 129 cm³/mol. The van der Waals surface area contributed by atoms with Gasteiger partial charge in [0.05, 0.1) is 30.9 Å². The first-order chi connectivity index (χ1) is 16.8. The highest BCUT2D eigenvalue weighted by Gasteiger charge is 2.45. The summed E-state index contributed by atoms with van der Waals surface area (Å²) in [7, 11) is 0. The summed E-state index contributed by atoms with van der Waals surface area (Å²) in [4.78, 5) is 30.0. The van der Waals surface area contributed by atoms with Gasteiger partial charge in [0.2, 0.25) is 0 Å². The predicted octanol–water partition coefficient (Wildman–Crippen LogP) is 3.76. The van der Waals surface area contributed by atoms with Crippen molar-refractivity contribution in [2.45, 2.75) is 32.4 Å². The minimum absolute atomic E-state index is 0.00477. The lowest BCUT2D eigenvalue weighted by atomic mass is 9.95. The number of ketones is 1. The summed E-state index contributed by atoms with van der Waals surface area (Å²) in [5.41, 5.74) is 0.975. The van der Waals surface area contributed by atoms with Crippen molar-refractivity contribution in [2.75, 3.05) is 39.4 Å². The second-order valence-corrected chi connectivity index (χ2v) is 9.04. The quantitative estimate of drug-likeness (QED) is 0.351. The number of carbonyl (C=O) groups is 2. The second kappa shape index (κ2) is 11.0. The molecule has 2 fully saturated rings. The molecule has 8 heteroatoms. The molecule has 2 aromatic rings. The largest absolute Gasteiger partial charge is 0.507 e. The first-order valence-corrected chi connectivity index (χ1v) is 12.0. The molecule has 0 bridgehead atoms. The maximum absolute atomic E-state index is 13.4. The van der Waals surface area contributed by atoms with E-state index < -0.39 is 23.5 Å². The van der Waals surface area contributed by atoms with Crippen LogP contribution in [0.5, 0.6) is 5.75 Å². The Kier molecular flexibility index (Phi) is 7.83. The van der Waals surface area contributed by atoms with E-state index in [1.165, 1.54) is 29.2 Å². The van der Waals surface area contributed by atoms with Crippen molar-refractivity contribution in [3.05, 3.63) is 71.0 Å². The fourth-order valence-corrected chi connectivity index (χ4v) is 4.51. The van der Waals surface area contributed by atoms with Crippen LogP contribution in [0, 0.1) is 5.82 Å². The van der Waals surface area contributed by atoms with Gasteiger partial charge in [-0.05, 0) is 62.2 Å². The van der Waals surface area contributed by atoms with Gasteiger partial charge < -0.3 is 19.5 Å². The van der Waals surface area contributed by atoms with Crippen molar-refractivity contribution in [3.8, 4) is 5.75 Å². The van der Waals surface area contributed by atoms with Crippen LogP contribution >= 0.6 is 0 Å². The fraction of sp³-hybridized carbons (Fsp3) is 0.407. The smallest absolute Gasteiger partial charge is 0.295 e. The topological polar surface area (TPSA) is 79.3 Å². The molecule has 1 N–H and O–H groups in total. The summed E-state index contributed by atoms with van der Waals surface area (Å²) in [6.07, 6.45) is 0.680. The number of ether oxygens (including phenoxy) is 2. The Balaban J connectivity index is 1.66. The van der Waals surface area contributed by atoms with Gasteiger partial charge in [-0.2, -0.15) is 0 Å². The Morgan fingerprint density at radius 3 is 2.34 bits per heavy atom. The van der Waals surface area contributed by atoms with Crippen molar-refractivity contribution >= 4 is 17.4 Å². The Hall–Kier alpha value is -3.23. The van der Waals surface area contributed by atoms with Gasteiger partial charge >= 0.3 is 0 Å². The molecule has 1 amide bonds. The normalized spacial score (nSPS) is 20.6. The minimum Gasteiger partial charge on any atom is -0.507 e. The molecule has 2 aliphatic heterocycles. The first kappa shape index (κ1) is 24.9. The van der Waals surface area contributed by atoms with Gasteiger partial charge in [-0.25, -0.2) is 4.39 Å². The van der Waals surface area contributed by atoms with E-state index in [1.54, 1.807) is 24.3 Å². The Morgan fingerprint density at radius 1 is 1.06 bits per heavy atom. The number of morpholine rings is 1. The highest BCUT2D eigenvalue weighted by molar-refractivity contribution is 6.46. The van der Waals surface area contributed by atoms with E-state index in [-0.39, 0.29) is 23.0 Å². The molecule has 2 aromatic carbocycles. The number of aliphatic hydroxyl groups excluding tert-OH is 1. The Morgan fingerprint density at radius 2 is 1.71 bits per heavy atom. The van der Waals surface area contributed by atoms with Crippen molar-refractivity contribution in [3.63, 3.8) is 0 Å². The molecule has 0 aliphatic carbocycles. The number of benzene rings is 2. The third kappa shape index (κ3) is 5.71. The van der Waals surface area contributed by atoms with Crippen LogP contribution in [0.1, 0.15) is 37.4 Å². The van der Waals surface area contributed by atoms with E-state index in [0.29, 0.717) is 37.5 Å². The Labute approximate surface area is 204 Å². The lowest BCUT2D eigenvalue weighted by Crippen LogP contribution is -2.38. The molecule has 4 rings (SSSR count). The van der Waals surface area contributed by atoms with Crippen LogP contribution in [-0.4, -0.2) is 72.1 Å². The number of hydrogen-bond donors (Lipinski definition) is 1. The third-order valence-electron chi connectivity index (χ3n) is 6.20. The molecule has 2 saturated heterocycles. The van der Waals surface area contributed by atoms with Crippen LogP contribution in [0.4, 0.5) is 4.39 Å². The molecule has 0 unspecified atom stereocenters. The Bertz CT molecular complexity index is 1080. The number of aliphatic hydroxyl groups is 1. The maximum atomic E-state index is 13.4. The maximum Gasteiger partial charge on any atom is 0.295 e. The van der Waals surface area contributed by atoms with Crippen molar-refractivity contribution in [1.29, 1.82) is 0 Å². The molecular weight excluding hydrogens is 451 g/mol. The zero-order valence-electron chi connectivity index (χ0n) is 20.1. The van der Waals surface area contributed by atoms with E-state index in [1.807, 2.05) is 13.8 Å². The molecule has 35 heavy (non-hydrogen) atoms. The summed E-state index contributed by atoms with van der Waals surface area (Å²) >= 11 is 0.